The van der Waals surface area contributed by atoms with Gasteiger partial charge in [0.15, 0.2) is 5.82 Å². The number of carbonyl (C=O) groups excluding carboxylic acids is 3. The zero-order chi connectivity index (χ0) is 28.2. The van der Waals surface area contributed by atoms with E-state index in [0.29, 0.717) is 0 Å². The van der Waals surface area contributed by atoms with Gasteiger partial charge in [0.2, 0.25) is 6.10 Å². The number of anilines is 1. The summed E-state index contributed by atoms with van der Waals surface area (Å²) in [5, 5.41) is 0.0676. The van der Waals surface area contributed by atoms with Crippen LogP contribution in [0.15, 0.2) is 18.2 Å². The first kappa shape index (κ1) is 30.1. The number of cyclic esters (lactones) is 1. The summed E-state index contributed by atoms with van der Waals surface area (Å²) in [4.78, 5) is 51.0. The quantitative estimate of drug-likeness (QED) is 0.181. The van der Waals surface area contributed by atoms with E-state index >= 15 is 0 Å². The lowest BCUT2D eigenvalue weighted by molar-refractivity contribution is -0.122. The third kappa shape index (κ3) is 8.26. The minimum Gasteiger partial charge on any atom is -0.467 e. The molecule has 0 N–H and O–H groups in total. The van der Waals surface area contributed by atoms with E-state index in [4.69, 9.17) is 30.5 Å². The van der Waals surface area contributed by atoms with Gasteiger partial charge in [-0.3, -0.25) is 4.79 Å². The topological polar surface area (TPSA) is 130 Å². The Labute approximate surface area is 233 Å². The van der Waals surface area contributed by atoms with E-state index < -0.39 is 24.1 Å². The molecule has 0 bridgehead atoms. The summed E-state index contributed by atoms with van der Waals surface area (Å²) in [6.07, 6.45) is 9.26. The Hall–Kier alpha value is -3.47. The summed E-state index contributed by atoms with van der Waals surface area (Å²) in [6.45, 7) is 2.50. The average Bonchev–Trinajstić information content (AvgIpc) is 3.24. The van der Waals surface area contributed by atoms with Crippen LogP contribution >= 0.6 is 11.6 Å². The van der Waals surface area contributed by atoms with E-state index in [9.17, 15) is 14.4 Å². The van der Waals surface area contributed by atoms with E-state index in [1.807, 2.05) is 0 Å². The molecule has 3 rings (SSSR count). The maximum Gasteiger partial charge on any atom is 0.422 e. The van der Waals surface area contributed by atoms with Crippen molar-refractivity contribution in [2.75, 3.05) is 25.7 Å². The third-order valence-electron chi connectivity index (χ3n) is 6.21. The summed E-state index contributed by atoms with van der Waals surface area (Å²) < 4.78 is 20.6. The summed E-state index contributed by atoms with van der Waals surface area (Å²) in [5.74, 6) is -1.55. The van der Waals surface area contributed by atoms with Crippen LogP contribution in [0.1, 0.15) is 93.4 Å². The van der Waals surface area contributed by atoms with Gasteiger partial charge in [-0.2, -0.15) is 9.97 Å². The molecule has 1 atom stereocenters. The Morgan fingerprint density at radius 1 is 0.923 bits per heavy atom. The predicted molar refractivity (Wildman–Crippen MR) is 143 cm³/mol. The van der Waals surface area contributed by atoms with Crippen LogP contribution in [0.5, 0.6) is 12.0 Å². The Morgan fingerprint density at radius 3 is 2.10 bits per heavy atom. The summed E-state index contributed by atoms with van der Waals surface area (Å²) >= 11 is 6.29. The minimum atomic E-state index is -1.48. The molecule has 1 fully saturated rings. The fourth-order valence-corrected chi connectivity index (χ4v) is 4.29. The summed E-state index contributed by atoms with van der Waals surface area (Å²) in [7, 11) is 2.66. The molecular formula is C27H35ClN4O7. The van der Waals surface area contributed by atoms with Crippen molar-refractivity contribution in [3.63, 3.8) is 0 Å². The highest BCUT2D eigenvalue weighted by Gasteiger charge is 2.45. The van der Waals surface area contributed by atoms with Crippen molar-refractivity contribution in [1.29, 1.82) is 0 Å². The van der Waals surface area contributed by atoms with Crippen LogP contribution < -0.4 is 14.4 Å². The summed E-state index contributed by atoms with van der Waals surface area (Å²) in [5.41, 5.74) is 0.129. The van der Waals surface area contributed by atoms with E-state index in [2.05, 4.69) is 21.9 Å². The Morgan fingerprint density at radius 2 is 1.51 bits per heavy atom. The molecule has 2 aromatic rings. The number of hydrogen-bond donors (Lipinski definition) is 0. The third-order valence-corrected chi connectivity index (χ3v) is 6.53. The number of hydrogen-bond acceptors (Lipinski definition) is 10. The van der Waals surface area contributed by atoms with Crippen molar-refractivity contribution in [2.24, 2.45) is 0 Å². The lowest BCUT2D eigenvalue weighted by Gasteiger charge is -2.14. The SMILES string of the molecule is CCCCCCCCCCCCOC(=O)c1ccc(Cl)c(N2C(=O)OC(c3nc(OC)nc(OC)n3)C2=O)c1. The first-order valence-corrected chi connectivity index (χ1v) is 13.6. The molecule has 12 heteroatoms. The number of benzene rings is 1. The molecule has 0 radical (unpaired) electrons. The highest BCUT2D eigenvalue weighted by molar-refractivity contribution is 6.35. The molecule has 0 aliphatic carbocycles. The highest BCUT2D eigenvalue weighted by Crippen LogP contribution is 2.35. The van der Waals surface area contributed by atoms with Crippen LogP contribution in [0.25, 0.3) is 0 Å². The van der Waals surface area contributed by atoms with Gasteiger partial charge >= 0.3 is 24.1 Å². The molecule has 212 valence electrons. The van der Waals surface area contributed by atoms with Gasteiger partial charge in [-0.25, -0.2) is 14.5 Å². The standard InChI is InChI=1S/C27H35ClN4O7/c1-4-5-6-7-8-9-10-11-12-13-16-38-24(34)18-14-15-19(28)20(17-18)32-23(33)21(39-27(32)35)22-29-25(36-2)31-26(30-22)37-3/h14-15,17,21H,4-13,16H2,1-3H3. The van der Waals surface area contributed by atoms with Gasteiger partial charge in [-0.1, -0.05) is 76.3 Å². The molecule has 1 aliphatic rings. The molecule has 1 aromatic heterocycles. The van der Waals surface area contributed by atoms with Crippen molar-refractivity contribution in [3.8, 4) is 12.0 Å². The van der Waals surface area contributed by atoms with Crippen LogP contribution in [-0.2, 0) is 14.3 Å². The molecule has 2 heterocycles. The normalized spacial score (nSPS) is 14.9. The first-order chi connectivity index (χ1) is 18.9. The van der Waals surface area contributed by atoms with Crippen molar-refractivity contribution in [3.05, 3.63) is 34.6 Å². The lowest BCUT2D eigenvalue weighted by Crippen LogP contribution is -2.30. The van der Waals surface area contributed by atoms with Crippen LogP contribution in [0.2, 0.25) is 5.02 Å². The number of esters is 1. The van der Waals surface area contributed by atoms with Crippen LogP contribution in [-0.4, -0.2) is 53.7 Å². The van der Waals surface area contributed by atoms with E-state index in [0.717, 1.165) is 24.2 Å². The number of unbranched alkanes of at least 4 members (excludes halogenated alkanes) is 9. The first-order valence-electron chi connectivity index (χ1n) is 13.2. The van der Waals surface area contributed by atoms with E-state index in [1.165, 1.54) is 77.4 Å². The molecule has 1 unspecified atom stereocenters. The van der Waals surface area contributed by atoms with Gasteiger partial charge in [0.05, 0.1) is 37.1 Å². The fraction of sp³-hybridized carbons (Fsp3) is 0.556. The zero-order valence-corrected chi connectivity index (χ0v) is 23.4. The number of ether oxygens (including phenoxy) is 4. The van der Waals surface area contributed by atoms with Crippen LogP contribution in [0.3, 0.4) is 0 Å². The number of imide groups is 1. The second-order valence-electron chi connectivity index (χ2n) is 9.09. The molecule has 2 amide bonds. The maximum atomic E-state index is 13.2. The second kappa shape index (κ2) is 15.2. The van der Waals surface area contributed by atoms with Gasteiger partial charge in [-0.15, -0.1) is 4.98 Å². The molecule has 11 nitrogen and oxygen atoms in total. The smallest absolute Gasteiger partial charge is 0.422 e. The monoisotopic (exact) mass is 562 g/mol. The molecule has 1 aromatic carbocycles. The minimum absolute atomic E-state index is 0.0180. The van der Waals surface area contributed by atoms with E-state index in [1.54, 1.807) is 0 Å². The van der Waals surface area contributed by atoms with E-state index in [-0.39, 0.29) is 40.7 Å². The molecule has 0 saturated carbocycles. The Kier molecular flexibility index (Phi) is 11.7. The van der Waals surface area contributed by atoms with Crippen LogP contribution in [0, 0.1) is 0 Å². The van der Waals surface area contributed by atoms with Crippen LogP contribution in [0.4, 0.5) is 10.5 Å². The van der Waals surface area contributed by atoms with Crippen molar-refractivity contribution < 1.29 is 33.3 Å². The van der Waals surface area contributed by atoms with Gasteiger partial charge in [0.25, 0.3) is 5.91 Å². The molecule has 1 saturated heterocycles. The van der Waals surface area contributed by atoms with Gasteiger partial charge in [0, 0.05) is 0 Å². The number of amides is 2. The Bertz CT molecular complexity index is 1120. The van der Waals surface area contributed by atoms with Crippen molar-refractivity contribution >= 4 is 35.3 Å². The molecular weight excluding hydrogens is 528 g/mol. The van der Waals surface area contributed by atoms with Crippen molar-refractivity contribution in [1.82, 2.24) is 15.0 Å². The lowest BCUT2D eigenvalue weighted by atomic mass is 10.1. The number of methoxy groups -OCH3 is 2. The number of aromatic nitrogens is 3. The maximum absolute atomic E-state index is 13.2. The van der Waals surface area contributed by atoms with Crippen molar-refractivity contribution in [2.45, 2.75) is 77.2 Å². The highest BCUT2D eigenvalue weighted by atomic mass is 35.5. The second-order valence-corrected chi connectivity index (χ2v) is 9.50. The predicted octanol–water partition coefficient (Wildman–Crippen LogP) is 5.84. The molecule has 1 aliphatic heterocycles. The fourth-order valence-electron chi connectivity index (χ4n) is 4.09. The van der Waals surface area contributed by atoms with Gasteiger partial charge in [0.1, 0.15) is 0 Å². The number of rotatable bonds is 16. The Balaban J connectivity index is 1.56. The molecule has 0 spiro atoms. The zero-order valence-electron chi connectivity index (χ0n) is 22.6. The van der Waals surface area contributed by atoms with Gasteiger partial charge in [-0.05, 0) is 24.6 Å². The van der Waals surface area contributed by atoms with Gasteiger partial charge < -0.3 is 18.9 Å². The number of carbonyl (C=O) groups is 3. The molecule has 39 heavy (non-hydrogen) atoms. The summed E-state index contributed by atoms with van der Waals surface area (Å²) in [6, 6.07) is 3.96. The largest absolute Gasteiger partial charge is 0.467 e. The average molecular weight is 563 g/mol. The number of nitrogens with zero attached hydrogens (tertiary/aromatic N) is 4. The number of halogens is 1.